The van der Waals surface area contributed by atoms with Crippen LogP contribution >= 0.6 is 0 Å². The molecule has 1 saturated carbocycles. The fourth-order valence-corrected chi connectivity index (χ4v) is 4.10. The second-order valence-corrected chi connectivity index (χ2v) is 7.31. The molecule has 2 aliphatic rings. The van der Waals surface area contributed by atoms with Gasteiger partial charge in [-0.25, -0.2) is 23.2 Å². The highest BCUT2D eigenvalue weighted by Crippen LogP contribution is 2.47. The Morgan fingerprint density at radius 3 is 2.59 bits per heavy atom. The third-order valence-corrected chi connectivity index (χ3v) is 5.56. The van der Waals surface area contributed by atoms with Crippen molar-refractivity contribution in [2.24, 2.45) is 11.8 Å². The second kappa shape index (κ2) is 6.84. The first kappa shape index (κ1) is 17.6. The Hall–Kier alpha value is -3.49. The molecule has 1 saturated heterocycles. The van der Waals surface area contributed by atoms with Gasteiger partial charge < -0.3 is 15.5 Å². The minimum Gasteiger partial charge on any atom is -0.368 e. The molecular weight excluding hydrogens is 378 g/mol. The molecule has 5 rings (SSSR count). The van der Waals surface area contributed by atoms with Crippen LogP contribution in [0.15, 0.2) is 55.1 Å². The molecule has 0 bridgehead atoms. The zero-order valence-corrected chi connectivity index (χ0v) is 15.3. The van der Waals surface area contributed by atoms with E-state index in [9.17, 15) is 13.6 Å². The summed E-state index contributed by atoms with van der Waals surface area (Å²) in [6.45, 7) is 1.27. The Balaban J connectivity index is 1.20. The van der Waals surface area contributed by atoms with Crippen molar-refractivity contribution >= 4 is 17.4 Å². The quantitative estimate of drug-likeness (QED) is 0.711. The second-order valence-electron chi connectivity index (χ2n) is 7.31. The fourth-order valence-electron chi connectivity index (χ4n) is 4.10. The first-order valence-corrected chi connectivity index (χ1v) is 9.32. The van der Waals surface area contributed by atoms with Crippen LogP contribution in [0.25, 0.3) is 5.69 Å². The molecule has 3 aromatic rings. The minimum atomic E-state index is -0.585. The summed E-state index contributed by atoms with van der Waals surface area (Å²) in [5.41, 5.74) is 1.74. The van der Waals surface area contributed by atoms with Gasteiger partial charge in [0, 0.05) is 37.0 Å². The highest BCUT2D eigenvalue weighted by atomic mass is 19.1. The number of nitrogens with zero attached hydrogens (tertiary/aromatic N) is 4. The standard InChI is InChI=1S/C20H18F2N6O/c21-12-5-6-17(15(22)7-12)27-8-13-14(9-27)19(13)26-20(29)25-16-3-1-2-4-18(16)28-11-23-10-24-28/h1-7,10-11,13-14,19H,8-9H2,(H2,25,26,29)/t13-,14+,19?. The van der Waals surface area contributed by atoms with Crippen molar-refractivity contribution in [1.29, 1.82) is 0 Å². The van der Waals surface area contributed by atoms with Gasteiger partial charge in [0.05, 0.1) is 17.1 Å². The Morgan fingerprint density at radius 1 is 1.07 bits per heavy atom. The highest BCUT2D eigenvalue weighted by molar-refractivity contribution is 5.92. The molecular formula is C20H18F2N6O. The van der Waals surface area contributed by atoms with E-state index in [4.69, 9.17) is 0 Å². The van der Waals surface area contributed by atoms with Crippen molar-refractivity contribution in [2.45, 2.75) is 6.04 Å². The number of para-hydroxylation sites is 2. The summed E-state index contributed by atoms with van der Waals surface area (Å²) in [5.74, 6) is -0.622. The van der Waals surface area contributed by atoms with E-state index < -0.39 is 11.6 Å². The number of rotatable bonds is 4. The zero-order valence-electron chi connectivity index (χ0n) is 15.3. The van der Waals surface area contributed by atoms with Gasteiger partial charge in [-0.1, -0.05) is 12.1 Å². The maximum absolute atomic E-state index is 14.0. The molecule has 1 aromatic heterocycles. The average molecular weight is 396 g/mol. The zero-order chi connectivity index (χ0) is 20.0. The number of carbonyl (C=O) groups excluding carboxylic acids is 1. The summed E-state index contributed by atoms with van der Waals surface area (Å²) < 4.78 is 28.7. The SMILES string of the molecule is O=C(Nc1ccccc1-n1cncn1)NC1[C@H]2CN(c3ccc(F)cc3F)C[C@@H]12. The van der Waals surface area contributed by atoms with Crippen molar-refractivity contribution in [3.63, 3.8) is 0 Å². The van der Waals surface area contributed by atoms with E-state index in [1.807, 2.05) is 23.1 Å². The number of benzene rings is 2. The van der Waals surface area contributed by atoms with Crippen LogP contribution in [0.2, 0.25) is 0 Å². The van der Waals surface area contributed by atoms with Gasteiger partial charge in [-0.3, -0.25) is 0 Å². The summed E-state index contributed by atoms with van der Waals surface area (Å²) in [6.07, 6.45) is 2.99. The number of hydrogen-bond donors (Lipinski definition) is 2. The number of amides is 2. The third-order valence-electron chi connectivity index (χ3n) is 5.56. The number of hydrogen-bond acceptors (Lipinski definition) is 4. The molecule has 2 amide bonds. The van der Waals surface area contributed by atoms with Gasteiger partial charge in [0.15, 0.2) is 0 Å². The molecule has 2 fully saturated rings. The van der Waals surface area contributed by atoms with Gasteiger partial charge in [-0.15, -0.1) is 0 Å². The largest absolute Gasteiger partial charge is 0.368 e. The number of aromatic nitrogens is 3. The van der Waals surface area contributed by atoms with E-state index in [-0.39, 0.29) is 23.9 Å². The lowest BCUT2D eigenvalue weighted by Gasteiger charge is -2.23. The lowest BCUT2D eigenvalue weighted by molar-refractivity contribution is 0.250. The van der Waals surface area contributed by atoms with Gasteiger partial charge in [-0.2, -0.15) is 5.10 Å². The number of anilines is 2. The molecule has 2 N–H and O–H groups in total. The summed E-state index contributed by atoms with van der Waals surface area (Å²) in [4.78, 5) is 18.3. The van der Waals surface area contributed by atoms with Gasteiger partial charge in [0.1, 0.15) is 24.3 Å². The van der Waals surface area contributed by atoms with E-state index in [0.29, 0.717) is 30.2 Å². The van der Waals surface area contributed by atoms with Gasteiger partial charge >= 0.3 is 6.03 Å². The Bertz CT molecular complexity index is 1040. The predicted molar refractivity (Wildman–Crippen MR) is 103 cm³/mol. The Kier molecular flexibility index (Phi) is 4.15. The van der Waals surface area contributed by atoms with E-state index in [1.54, 1.807) is 17.1 Å². The molecule has 1 unspecified atom stereocenters. The summed E-state index contributed by atoms with van der Waals surface area (Å²) in [6, 6.07) is 10.7. The van der Waals surface area contributed by atoms with Crippen LogP contribution < -0.4 is 15.5 Å². The van der Waals surface area contributed by atoms with Crippen molar-refractivity contribution in [2.75, 3.05) is 23.3 Å². The molecule has 29 heavy (non-hydrogen) atoms. The van der Waals surface area contributed by atoms with Crippen LogP contribution in [0.1, 0.15) is 0 Å². The molecule has 0 spiro atoms. The predicted octanol–water partition coefficient (Wildman–Crippen LogP) is 2.80. The summed E-state index contributed by atoms with van der Waals surface area (Å²) in [5, 5.41) is 9.96. The minimum absolute atomic E-state index is 0.0493. The number of carbonyl (C=O) groups is 1. The average Bonchev–Trinajstić information content (AvgIpc) is 3.13. The number of halogens is 2. The Morgan fingerprint density at radius 2 is 1.86 bits per heavy atom. The van der Waals surface area contributed by atoms with Crippen LogP contribution in [0, 0.1) is 23.5 Å². The normalized spacial score (nSPS) is 22.3. The highest BCUT2D eigenvalue weighted by Gasteiger charge is 2.56. The molecule has 9 heteroatoms. The molecule has 148 valence electrons. The molecule has 2 aromatic carbocycles. The molecule has 0 radical (unpaired) electrons. The maximum atomic E-state index is 14.0. The molecule has 3 atom stereocenters. The summed E-state index contributed by atoms with van der Waals surface area (Å²) in [7, 11) is 0. The van der Waals surface area contributed by atoms with E-state index in [2.05, 4.69) is 20.7 Å². The van der Waals surface area contributed by atoms with Crippen LogP contribution in [0.4, 0.5) is 25.0 Å². The van der Waals surface area contributed by atoms with Crippen molar-refractivity contribution in [3.05, 3.63) is 66.8 Å². The number of nitrogens with one attached hydrogen (secondary N) is 2. The maximum Gasteiger partial charge on any atom is 0.319 e. The first-order chi connectivity index (χ1) is 14.1. The fraction of sp³-hybridized carbons (Fsp3) is 0.250. The van der Waals surface area contributed by atoms with E-state index in [0.717, 1.165) is 6.07 Å². The van der Waals surface area contributed by atoms with Gasteiger partial charge in [0.25, 0.3) is 0 Å². The van der Waals surface area contributed by atoms with Crippen LogP contribution in [0.5, 0.6) is 0 Å². The Labute approximate surface area is 165 Å². The topological polar surface area (TPSA) is 75.1 Å². The lowest BCUT2D eigenvalue weighted by Crippen LogP contribution is -2.37. The van der Waals surface area contributed by atoms with Crippen molar-refractivity contribution in [3.8, 4) is 5.69 Å². The van der Waals surface area contributed by atoms with Crippen molar-refractivity contribution < 1.29 is 13.6 Å². The van der Waals surface area contributed by atoms with Crippen LogP contribution in [-0.2, 0) is 0 Å². The summed E-state index contributed by atoms with van der Waals surface area (Å²) >= 11 is 0. The van der Waals surface area contributed by atoms with Crippen molar-refractivity contribution in [1.82, 2.24) is 20.1 Å². The number of piperidine rings is 1. The molecule has 7 nitrogen and oxygen atoms in total. The lowest BCUT2D eigenvalue weighted by atomic mass is 10.2. The van der Waals surface area contributed by atoms with Crippen LogP contribution in [-0.4, -0.2) is 39.9 Å². The van der Waals surface area contributed by atoms with Gasteiger partial charge in [0.2, 0.25) is 0 Å². The molecule has 2 heterocycles. The monoisotopic (exact) mass is 396 g/mol. The smallest absolute Gasteiger partial charge is 0.319 e. The number of urea groups is 1. The molecule has 1 aliphatic heterocycles. The third kappa shape index (κ3) is 3.28. The first-order valence-electron chi connectivity index (χ1n) is 9.32. The number of fused-ring (bicyclic) bond motifs is 1. The van der Waals surface area contributed by atoms with Crippen LogP contribution in [0.3, 0.4) is 0 Å². The van der Waals surface area contributed by atoms with E-state index in [1.165, 1.54) is 18.5 Å². The van der Waals surface area contributed by atoms with Gasteiger partial charge in [-0.05, 0) is 24.3 Å². The van der Waals surface area contributed by atoms with E-state index >= 15 is 0 Å². The molecule has 1 aliphatic carbocycles.